The van der Waals surface area contributed by atoms with Crippen LogP contribution in [-0.4, -0.2) is 22.8 Å². The Balaban J connectivity index is 0.00000176. The number of nitrogens with two attached hydrogens (primary N) is 1. The molecule has 0 spiro atoms. The highest BCUT2D eigenvalue weighted by atomic mass is 35.5. The van der Waals surface area contributed by atoms with Crippen LogP contribution >= 0.6 is 12.4 Å². The molecule has 0 unspecified atom stereocenters. The number of hydrogen-bond acceptors (Lipinski definition) is 7. The van der Waals surface area contributed by atoms with Gasteiger partial charge < -0.3 is 25.0 Å². The Morgan fingerprint density at radius 1 is 1.36 bits per heavy atom. The third kappa shape index (κ3) is 3.40. The Bertz CT molecular complexity index is 689. The number of anilines is 2. The second-order valence-electron chi connectivity index (χ2n) is 4.58. The predicted octanol–water partition coefficient (Wildman–Crippen LogP) is 1.68. The van der Waals surface area contributed by atoms with Crippen LogP contribution in [0.4, 0.5) is 11.4 Å². The van der Waals surface area contributed by atoms with Crippen LogP contribution in [0.1, 0.15) is 18.1 Å². The number of carbonyl (C=O) groups excluding carboxylic acids is 1. The topological polar surface area (TPSA) is 113 Å². The predicted molar refractivity (Wildman–Crippen MR) is 80.2 cm³/mol. The van der Waals surface area contributed by atoms with Crippen molar-refractivity contribution in [2.75, 3.05) is 17.8 Å². The van der Waals surface area contributed by atoms with E-state index in [9.17, 15) is 4.79 Å². The number of halogens is 1. The summed E-state index contributed by atoms with van der Waals surface area (Å²) >= 11 is 0. The van der Waals surface area contributed by atoms with Crippen molar-refractivity contribution in [3.05, 3.63) is 23.8 Å². The molecule has 3 rings (SSSR count). The molecule has 0 atom stereocenters. The van der Waals surface area contributed by atoms with Crippen molar-refractivity contribution in [2.24, 2.45) is 0 Å². The molecular weight excluding hydrogens is 312 g/mol. The number of carbonyl (C=O) groups is 1. The van der Waals surface area contributed by atoms with Gasteiger partial charge >= 0.3 is 0 Å². The number of fused-ring (bicyclic) bond motifs is 1. The number of benzene rings is 1. The summed E-state index contributed by atoms with van der Waals surface area (Å²) in [5.74, 6) is 1.92. The fourth-order valence-corrected chi connectivity index (χ4v) is 1.94. The lowest BCUT2D eigenvalue weighted by atomic mass is 10.2. The number of nitrogens with zero attached hydrogens (tertiary/aromatic N) is 2. The molecule has 0 saturated carbocycles. The van der Waals surface area contributed by atoms with E-state index in [0.717, 1.165) is 0 Å². The first-order chi connectivity index (χ1) is 10.1. The number of aryl methyl sites for hydroxylation is 2. The summed E-state index contributed by atoms with van der Waals surface area (Å²) in [4.78, 5) is 16.0. The Kier molecular flexibility index (Phi) is 4.71. The molecule has 2 heterocycles. The molecule has 118 valence electrons. The van der Waals surface area contributed by atoms with Crippen LogP contribution in [0, 0.1) is 6.92 Å². The van der Waals surface area contributed by atoms with E-state index in [1.54, 1.807) is 19.1 Å². The van der Waals surface area contributed by atoms with Crippen molar-refractivity contribution in [1.82, 2.24) is 10.1 Å². The lowest BCUT2D eigenvalue weighted by Crippen LogP contribution is -2.13. The number of nitrogens with one attached hydrogen (secondary N) is 1. The fraction of sp³-hybridized carbons (Fsp3) is 0.308. The van der Waals surface area contributed by atoms with Crippen molar-refractivity contribution in [1.29, 1.82) is 0 Å². The van der Waals surface area contributed by atoms with Gasteiger partial charge in [0.25, 0.3) is 0 Å². The van der Waals surface area contributed by atoms with Crippen molar-refractivity contribution in [3.63, 3.8) is 0 Å². The van der Waals surface area contributed by atoms with Crippen LogP contribution in [0.3, 0.4) is 0 Å². The van der Waals surface area contributed by atoms with Gasteiger partial charge in [0.15, 0.2) is 17.3 Å². The number of ether oxygens (including phenoxy) is 2. The third-order valence-corrected chi connectivity index (χ3v) is 2.95. The molecule has 1 aromatic heterocycles. The first-order valence-electron chi connectivity index (χ1n) is 6.40. The lowest BCUT2D eigenvalue weighted by molar-refractivity contribution is -0.116. The first-order valence-corrected chi connectivity index (χ1v) is 6.40. The molecule has 8 nitrogen and oxygen atoms in total. The lowest BCUT2D eigenvalue weighted by Gasteiger charge is -2.08. The van der Waals surface area contributed by atoms with Crippen LogP contribution in [0.2, 0.25) is 0 Å². The summed E-state index contributed by atoms with van der Waals surface area (Å²) in [6, 6.07) is 3.27. The van der Waals surface area contributed by atoms with E-state index in [2.05, 4.69) is 15.5 Å². The van der Waals surface area contributed by atoms with Gasteiger partial charge in [-0.3, -0.25) is 4.79 Å². The first kappa shape index (κ1) is 15.9. The normalized spacial score (nSPS) is 11.9. The van der Waals surface area contributed by atoms with Gasteiger partial charge in [-0.15, -0.1) is 12.4 Å². The molecule has 1 aliphatic heterocycles. The van der Waals surface area contributed by atoms with E-state index in [1.165, 1.54) is 0 Å². The van der Waals surface area contributed by atoms with E-state index >= 15 is 0 Å². The van der Waals surface area contributed by atoms with Gasteiger partial charge in [-0.25, -0.2) is 0 Å². The summed E-state index contributed by atoms with van der Waals surface area (Å²) in [6.45, 7) is 1.88. The van der Waals surface area contributed by atoms with Crippen LogP contribution in [0.5, 0.6) is 11.5 Å². The highest BCUT2D eigenvalue weighted by molar-refractivity contribution is 5.94. The Hall–Kier alpha value is -2.48. The molecule has 0 radical (unpaired) electrons. The Morgan fingerprint density at radius 2 is 2.09 bits per heavy atom. The summed E-state index contributed by atoms with van der Waals surface area (Å²) in [6.07, 6.45) is 0.590. The van der Waals surface area contributed by atoms with Crippen molar-refractivity contribution in [2.45, 2.75) is 19.8 Å². The molecule has 0 bridgehead atoms. The molecule has 9 heteroatoms. The summed E-state index contributed by atoms with van der Waals surface area (Å²) in [7, 11) is 0. The van der Waals surface area contributed by atoms with E-state index in [-0.39, 0.29) is 31.5 Å². The molecule has 1 amide bonds. The fourth-order valence-electron chi connectivity index (χ4n) is 1.94. The van der Waals surface area contributed by atoms with E-state index in [0.29, 0.717) is 41.0 Å². The minimum absolute atomic E-state index is 0. The quantitative estimate of drug-likeness (QED) is 0.822. The van der Waals surface area contributed by atoms with Crippen molar-refractivity contribution in [3.8, 4) is 11.5 Å². The SMILES string of the molecule is Cc1noc(CCC(=O)Nc2cc3c(cc2N)OCO3)n1.Cl. The van der Waals surface area contributed by atoms with Crippen LogP contribution in [-0.2, 0) is 11.2 Å². The summed E-state index contributed by atoms with van der Waals surface area (Å²) in [5.41, 5.74) is 6.77. The zero-order chi connectivity index (χ0) is 14.8. The maximum atomic E-state index is 11.9. The van der Waals surface area contributed by atoms with Gasteiger partial charge in [0.2, 0.25) is 18.6 Å². The average Bonchev–Trinajstić information content (AvgIpc) is 3.05. The van der Waals surface area contributed by atoms with Crippen LogP contribution in [0.25, 0.3) is 0 Å². The zero-order valence-corrected chi connectivity index (χ0v) is 12.6. The van der Waals surface area contributed by atoms with Gasteiger partial charge in [0.1, 0.15) is 0 Å². The Morgan fingerprint density at radius 3 is 2.77 bits per heavy atom. The minimum atomic E-state index is -0.198. The van der Waals surface area contributed by atoms with Crippen LogP contribution in [0.15, 0.2) is 16.7 Å². The highest BCUT2D eigenvalue weighted by Crippen LogP contribution is 2.38. The zero-order valence-electron chi connectivity index (χ0n) is 11.8. The molecule has 2 aromatic rings. The van der Waals surface area contributed by atoms with Crippen LogP contribution < -0.4 is 20.5 Å². The monoisotopic (exact) mass is 326 g/mol. The number of rotatable bonds is 4. The average molecular weight is 327 g/mol. The number of aromatic nitrogens is 2. The van der Waals surface area contributed by atoms with Gasteiger partial charge in [0.05, 0.1) is 11.4 Å². The largest absolute Gasteiger partial charge is 0.454 e. The number of amides is 1. The van der Waals surface area contributed by atoms with Gasteiger partial charge in [-0.2, -0.15) is 4.98 Å². The molecule has 22 heavy (non-hydrogen) atoms. The third-order valence-electron chi connectivity index (χ3n) is 2.95. The molecule has 0 aliphatic carbocycles. The molecule has 3 N–H and O–H groups in total. The molecule has 0 saturated heterocycles. The van der Waals surface area contributed by atoms with E-state index in [4.69, 9.17) is 19.7 Å². The van der Waals surface area contributed by atoms with Gasteiger partial charge in [-0.1, -0.05) is 5.16 Å². The highest BCUT2D eigenvalue weighted by Gasteiger charge is 2.17. The summed E-state index contributed by atoms with van der Waals surface area (Å²) < 4.78 is 15.4. The maximum Gasteiger partial charge on any atom is 0.231 e. The Labute approximate surface area is 132 Å². The van der Waals surface area contributed by atoms with Gasteiger partial charge in [0, 0.05) is 25.0 Å². The van der Waals surface area contributed by atoms with E-state index in [1.807, 2.05) is 0 Å². The maximum absolute atomic E-state index is 11.9. The molecular formula is C13H15ClN4O4. The molecule has 0 fully saturated rings. The second kappa shape index (κ2) is 6.52. The standard InChI is InChI=1S/C13H14N4O4.ClH/c1-7-15-13(21-17-7)3-2-12(18)16-9-5-11-10(4-8(9)14)19-6-20-11;/h4-5H,2-3,6,14H2,1H3,(H,16,18);1H. The van der Waals surface area contributed by atoms with E-state index < -0.39 is 0 Å². The smallest absolute Gasteiger partial charge is 0.231 e. The van der Waals surface area contributed by atoms with Crippen molar-refractivity contribution >= 4 is 29.7 Å². The number of hydrogen-bond donors (Lipinski definition) is 2. The number of nitrogen functional groups attached to an aromatic ring is 1. The molecule has 1 aliphatic rings. The minimum Gasteiger partial charge on any atom is -0.454 e. The summed E-state index contributed by atoms with van der Waals surface area (Å²) in [5, 5.41) is 6.39. The molecule has 1 aromatic carbocycles. The van der Waals surface area contributed by atoms with Crippen molar-refractivity contribution < 1.29 is 18.8 Å². The second-order valence-corrected chi connectivity index (χ2v) is 4.58. The van der Waals surface area contributed by atoms with Gasteiger partial charge in [-0.05, 0) is 6.92 Å².